The standard InChI is InChI=1S/C22H22Cl2N4O2S/c1-12-17(13(2)28(3)27-12)9-14-5-7-16(8-6-14)25-22(31)26-21(29)18-10-15(23)11-19(24)20(18)30-4/h5-8,10-11H,9H2,1-4H3,(H2,25,26,29,31). The van der Waals surface area contributed by atoms with E-state index < -0.39 is 5.91 Å². The van der Waals surface area contributed by atoms with Crippen LogP contribution in [0.15, 0.2) is 36.4 Å². The SMILES string of the molecule is COc1c(Cl)cc(Cl)cc1C(=O)NC(=S)Nc1ccc(Cc2c(C)nn(C)c2C)cc1. The van der Waals surface area contributed by atoms with Gasteiger partial charge in [0, 0.05) is 35.4 Å². The van der Waals surface area contributed by atoms with Crippen molar-refractivity contribution in [1.82, 2.24) is 15.1 Å². The first-order valence-electron chi connectivity index (χ1n) is 9.43. The number of ether oxygens (including phenoxy) is 1. The summed E-state index contributed by atoms with van der Waals surface area (Å²) in [5.41, 5.74) is 5.51. The van der Waals surface area contributed by atoms with E-state index in [1.807, 2.05) is 42.9 Å². The minimum atomic E-state index is -0.474. The highest BCUT2D eigenvalue weighted by molar-refractivity contribution is 7.80. The van der Waals surface area contributed by atoms with Crippen molar-refractivity contribution in [2.75, 3.05) is 12.4 Å². The van der Waals surface area contributed by atoms with Gasteiger partial charge in [0.25, 0.3) is 5.91 Å². The van der Waals surface area contributed by atoms with E-state index in [0.717, 1.165) is 29.1 Å². The molecule has 3 rings (SSSR count). The molecule has 6 nitrogen and oxygen atoms in total. The molecule has 0 unspecified atom stereocenters. The number of amides is 1. The van der Waals surface area contributed by atoms with Crippen LogP contribution in [0.4, 0.5) is 5.69 Å². The number of halogens is 2. The van der Waals surface area contributed by atoms with E-state index in [1.165, 1.54) is 24.8 Å². The predicted octanol–water partition coefficient (Wildman–Crippen LogP) is 5.07. The van der Waals surface area contributed by atoms with Crippen molar-refractivity contribution in [2.24, 2.45) is 7.05 Å². The molecule has 0 saturated heterocycles. The van der Waals surface area contributed by atoms with E-state index >= 15 is 0 Å². The van der Waals surface area contributed by atoms with Gasteiger partial charge in [0.2, 0.25) is 0 Å². The van der Waals surface area contributed by atoms with Gasteiger partial charge in [0.1, 0.15) is 5.75 Å². The van der Waals surface area contributed by atoms with E-state index in [4.69, 9.17) is 40.2 Å². The van der Waals surface area contributed by atoms with Crippen LogP contribution in [0.2, 0.25) is 10.0 Å². The number of nitrogens with one attached hydrogen (secondary N) is 2. The zero-order chi connectivity index (χ0) is 22.7. The van der Waals surface area contributed by atoms with Crippen LogP contribution in [0.25, 0.3) is 0 Å². The molecule has 0 saturated carbocycles. The fourth-order valence-electron chi connectivity index (χ4n) is 3.25. The molecule has 31 heavy (non-hydrogen) atoms. The third-order valence-corrected chi connectivity index (χ3v) is 5.64. The molecule has 1 heterocycles. The number of rotatable bonds is 5. The second-order valence-electron chi connectivity index (χ2n) is 7.02. The molecule has 0 aliphatic rings. The molecule has 0 bridgehead atoms. The zero-order valence-corrected chi connectivity index (χ0v) is 19.9. The van der Waals surface area contributed by atoms with Crippen LogP contribution in [0.3, 0.4) is 0 Å². The molecular weight excluding hydrogens is 455 g/mol. The molecular formula is C22H22Cl2N4O2S. The van der Waals surface area contributed by atoms with Gasteiger partial charge in [-0.3, -0.25) is 14.8 Å². The fraction of sp³-hybridized carbons (Fsp3) is 0.227. The van der Waals surface area contributed by atoms with Crippen molar-refractivity contribution in [3.8, 4) is 5.75 Å². The fourth-order valence-corrected chi connectivity index (χ4v) is 4.03. The van der Waals surface area contributed by atoms with Crippen LogP contribution < -0.4 is 15.4 Å². The van der Waals surface area contributed by atoms with Gasteiger partial charge < -0.3 is 10.1 Å². The number of carbonyl (C=O) groups is 1. The Hall–Kier alpha value is -2.61. The van der Waals surface area contributed by atoms with Crippen molar-refractivity contribution >= 4 is 52.1 Å². The third kappa shape index (κ3) is 5.36. The Morgan fingerprint density at radius 3 is 2.45 bits per heavy atom. The average Bonchev–Trinajstić information content (AvgIpc) is 2.94. The van der Waals surface area contributed by atoms with Crippen LogP contribution >= 0.6 is 35.4 Å². The molecule has 1 amide bonds. The summed E-state index contributed by atoms with van der Waals surface area (Å²) < 4.78 is 7.10. The first-order valence-corrected chi connectivity index (χ1v) is 10.6. The molecule has 0 aliphatic carbocycles. The van der Waals surface area contributed by atoms with E-state index in [1.54, 1.807) is 0 Å². The summed E-state index contributed by atoms with van der Waals surface area (Å²) in [6.07, 6.45) is 0.794. The highest BCUT2D eigenvalue weighted by atomic mass is 35.5. The van der Waals surface area contributed by atoms with Gasteiger partial charge in [-0.15, -0.1) is 0 Å². The Labute approximate surface area is 196 Å². The summed E-state index contributed by atoms with van der Waals surface area (Å²) in [7, 11) is 3.37. The number of nitrogens with zero attached hydrogens (tertiary/aromatic N) is 2. The normalized spacial score (nSPS) is 10.6. The number of benzene rings is 2. The molecule has 0 atom stereocenters. The van der Waals surface area contributed by atoms with E-state index in [0.29, 0.717) is 5.02 Å². The summed E-state index contributed by atoms with van der Waals surface area (Å²) in [5.74, 6) is -0.241. The second kappa shape index (κ2) is 9.68. The molecule has 2 N–H and O–H groups in total. The molecule has 162 valence electrons. The van der Waals surface area contributed by atoms with Crippen LogP contribution in [0, 0.1) is 13.8 Å². The maximum absolute atomic E-state index is 12.6. The maximum Gasteiger partial charge on any atom is 0.261 e. The van der Waals surface area contributed by atoms with Gasteiger partial charge in [-0.1, -0.05) is 35.3 Å². The first kappa shape index (κ1) is 23.1. The summed E-state index contributed by atoms with van der Waals surface area (Å²) in [6.45, 7) is 4.08. The number of hydrogen-bond acceptors (Lipinski definition) is 4. The minimum Gasteiger partial charge on any atom is -0.494 e. The lowest BCUT2D eigenvalue weighted by Gasteiger charge is -2.13. The number of aromatic nitrogens is 2. The molecule has 3 aromatic rings. The van der Waals surface area contributed by atoms with Gasteiger partial charge >= 0.3 is 0 Å². The van der Waals surface area contributed by atoms with Gasteiger partial charge in [0.15, 0.2) is 5.11 Å². The maximum atomic E-state index is 12.6. The van der Waals surface area contributed by atoms with E-state index in [-0.39, 0.29) is 21.4 Å². The molecule has 0 aliphatic heterocycles. The van der Waals surface area contributed by atoms with Gasteiger partial charge in [-0.05, 0) is 55.9 Å². The Balaban J connectivity index is 1.65. The summed E-state index contributed by atoms with van der Waals surface area (Å²) in [5, 5.41) is 10.8. The summed E-state index contributed by atoms with van der Waals surface area (Å²) in [4.78, 5) is 12.6. The van der Waals surface area contributed by atoms with Crippen LogP contribution in [-0.4, -0.2) is 27.9 Å². The Bertz CT molecular complexity index is 1140. The predicted molar refractivity (Wildman–Crippen MR) is 129 cm³/mol. The highest BCUT2D eigenvalue weighted by Crippen LogP contribution is 2.32. The lowest BCUT2D eigenvalue weighted by Crippen LogP contribution is -2.34. The second-order valence-corrected chi connectivity index (χ2v) is 8.28. The first-order chi connectivity index (χ1) is 14.7. The number of hydrogen-bond donors (Lipinski definition) is 2. The molecule has 9 heteroatoms. The van der Waals surface area contributed by atoms with Gasteiger partial charge in [0.05, 0.1) is 23.4 Å². The number of methoxy groups -OCH3 is 1. The quantitative estimate of drug-likeness (QED) is 0.503. The third-order valence-electron chi connectivity index (χ3n) is 4.94. The number of carbonyl (C=O) groups excluding carboxylic acids is 1. The average molecular weight is 477 g/mol. The largest absolute Gasteiger partial charge is 0.494 e. The van der Waals surface area contributed by atoms with Crippen molar-refractivity contribution in [3.05, 3.63) is 74.5 Å². The van der Waals surface area contributed by atoms with Crippen molar-refractivity contribution in [1.29, 1.82) is 0 Å². The van der Waals surface area contributed by atoms with Crippen molar-refractivity contribution in [2.45, 2.75) is 20.3 Å². The lowest BCUT2D eigenvalue weighted by atomic mass is 10.0. The molecule has 0 fully saturated rings. The Morgan fingerprint density at radius 2 is 1.87 bits per heavy atom. The summed E-state index contributed by atoms with van der Waals surface area (Å²) >= 11 is 17.4. The smallest absolute Gasteiger partial charge is 0.261 e. The number of thiocarbonyl (C=S) groups is 1. The topological polar surface area (TPSA) is 68.2 Å². The monoisotopic (exact) mass is 476 g/mol. The van der Waals surface area contributed by atoms with Crippen molar-refractivity contribution in [3.63, 3.8) is 0 Å². The van der Waals surface area contributed by atoms with Crippen LogP contribution in [0.1, 0.15) is 32.9 Å². The molecule has 2 aromatic carbocycles. The van der Waals surface area contributed by atoms with Crippen LogP contribution in [-0.2, 0) is 13.5 Å². The minimum absolute atomic E-state index is 0.148. The molecule has 0 radical (unpaired) electrons. The lowest BCUT2D eigenvalue weighted by molar-refractivity contribution is 0.0975. The van der Waals surface area contributed by atoms with E-state index in [2.05, 4.69) is 22.7 Å². The molecule has 0 spiro atoms. The van der Waals surface area contributed by atoms with Gasteiger partial charge in [-0.25, -0.2) is 0 Å². The Morgan fingerprint density at radius 1 is 1.19 bits per heavy atom. The van der Waals surface area contributed by atoms with Crippen molar-refractivity contribution < 1.29 is 9.53 Å². The van der Waals surface area contributed by atoms with Crippen LogP contribution in [0.5, 0.6) is 5.75 Å². The van der Waals surface area contributed by atoms with Gasteiger partial charge in [-0.2, -0.15) is 5.10 Å². The Kier molecular flexibility index (Phi) is 7.20. The number of aryl methyl sites for hydroxylation is 2. The number of anilines is 1. The van der Waals surface area contributed by atoms with E-state index in [9.17, 15) is 4.79 Å². The summed E-state index contributed by atoms with van der Waals surface area (Å²) in [6, 6.07) is 10.8. The highest BCUT2D eigenvalue weighted by Gasteiger charge is 2.18. The molecule has 1 aromatic heterocycles. The zero-order valence-electron chi connectivity index (χ0n) is 17.5.